The Kier molecular flexibility index (Phi) is 5.63. The summed E-state index contributed by atoms with van der Waals surface area (Å²) in [5, 5.41) is 13.9. The molecule has 0 spiro atoms. The van der Waals surface area contributed by atoms with Crippen LogP contribution in [0.5, 0.6) is 0 Å². The van der Waals surface area contributed by atoms with Crippen molar-refractivity contribution in [3.05, 3.63) is 35.9 Å². The molecule has 2 aliphatic rings. The lowest BCUT2D eigenvalue weighted by atomic mass is 9.78. The van der Waals surface area contributed by atoms with E-state index in [0.717, 1.165) is 18.4 Å². The van der Waals surface area contributed by atoms with E-state index < -0.39 is 11.6 Å². The van der Waals surface area contributed by atoms with Crippen LogP contribution >= 0.6 is 0 Å². The number of ether oxygens (including phenoxy) is 1. The Balaban J connectivity index is 1.96. The Bertz CT molecular complexity index is 640. The standard InChI is InChI=1S/C20H28N2O4/c1-14(23)21-18-17(15-6-4-3-5-7-15)22(11-10-20(18,2)25)19(24)16-8-12-26-13-9-16/h3-7,16-18,25H,8-13H2,1-2H3,(H,21,23). The molecule has 6 heteroatoms. The fourth-order valence-electron chi connectivity index (χ4n) is 4.06. The average molecular weight is 360 g/mol. The summed E-state index contributed by atoms with van der Waals surface area (Å²) in [4.78, 5) is 26.9. The van der Waals surface area contributed by atoms with Crippen molar-refractivity contribution < 1.29 is 19.4 Å². The van der Waals surface area contributed by atoms with E-state index in [2.05, 4.69) is 5.32 Å². The van der Waals surface area contributed by atoms with Gasteiger partial charge in [0, 0.05) is 32.6 Å². The van der Waals surface area contributed by atoms with Crippen molar-refractivity contribution in [2.75, 3.05) is 19.8 Å². The number of benzene rings is 1. The second-order valence-corrected chi connectivity index (χ2v) is 7.56. The van der Waals surface area contributed by atoms with Crippen LogP contribution in [0, 0.1) is 5.92 Å². The lowest BCUT2D eigenvalue weighted by molar-refractivity contribution is -0.152. The molecule has 3 unspecified atom stereocenters. The molecular weight excluding hydrogens is 332 g/mol. The number of hydrogen-bond acceptors (Lipinski definition) is 4. The highest BCUT2D eigenvalue weighted by molar-refractivity contribution is 5.80. The first kappa shape index (κ1) is 18.9. The van der Waals surface area contributed by atoms with Crippen molar-refractivity contribution in [2.45, 2.75) is 50.8 Å². The van der Waals surface area contributed by atoms with E-state index in [9.17, 15) is 14.7 Å². The molecule has 0 aromatic heterocycles. The Morgan fingerprint density at radius 3 is 2.50 bits per heavy atom. The maximum atomic E-state index is 13.3. The quantitative estimate of drug-likeness (QED) is 0.859. The normalized spacial score (nSPS) is 30.0. The number of rotatable bonds is 3. The van der Waals surface area contributed by atoms with Crippen LogP contribution in [0.4, 0.5) is 0 Å². The van der Waals surface area contributed by atoms with Gasteiger partial charge in [0.1, 0.15) is 0 Å². The number of aliphatic hydroxyl groups is 1. The fourth-order valence-corrected chi connectivity index (χ4v) is 4.06. The number of hydrogen-bond donors (Lipinski definition) is 2. The molecule has 2 aliphatic heterocycles. The Morgan fingerprint density at radius 2 is 1.88 bits per heavy atom. The van der Waals surface area contributed by atoms with Gasteiger partial charge in [-0.1, -0.05) is 30.3 Å². The first-order chi connectivity index (χ1) is 12.4. The third-order valence-corrected chi connectivity index (χ3v) is 5.53. The number of amides is 2. The van der Waals surface area contributed by atoms with Crippen molar-refractivity contribution in [3.63, 3.8) is 0 Å². The van der Waals surface area contributed by atoms with Crippen LogP contribution in [0.15, 0.2) is 30.3 Å². The summed E-state index contributed by atoms with van der Waals surface area (Å²) in [5.74, 6) is -0.180. The van der Waals surface area contributed by atoms with Crippen LogP contribution in [0.3, 0.4) is 0 Å². The SMILES string of the molecule is CC(=O)NC1C(c2ccccc2)N(C(=O)C2CCOCC2)CCC1(C)O. The van der Waals surface area contributed by atoms with Crippen molar-refractivity contribution in [2.24, 2.45) is 5.92 Å². The van der Waals surface area contributed by atoms with Gasteiger partial charge in [0.15, 0.2) is 0 Å². The summed E-state index contributed by atoms with van der Waals surface area (Å²) >= 11 is 0. The van der Waals surface area contributed by atoms with Crippen LogP contribution in [0.25, 0.3) is 0 Å². The average Bonchev–Trinajstić information content (AvgIpc) is 2.64. The molecular formula is C20H28N2O4. The number of carbonyl (C=O) groups excluding carboxylic acids is 2. The summed E-state index contributed by atoms with van der Waals surface area (Å²) in [6, 6.07) is 8.71. The molecule has 1 aromatic carbocycles. The fraction of sp³-hybridized carbons (Fsp3) is 0.600. The van der Waals surface area contributed by atoms with Gasteiger partial charge in [0.25, 0.3) is 0 Å². The van der Waals surface area contributed by atoms with Crippen LogP contribution in [-0.4, -0.2) is 53.2 Å². The summed E-state index contributed by atoms with van der Waals surface area (Å²) in [6.45, 7) is 4.86. The molecule has 2 N–H and O–H groups in total. The van der Waals surface area contributed by atoms with Crippen molar-refractivity contribution in [1.29, 1.82) is 0 Å². The summed E-state index contributed by atoms with van der Waals surface area (Å²) in [6.07, 6.45) is 1.87. The van der Waals surface area contributed by atoms with Gasteiger partial charge in [-0.3, -0.25) is 9.59 Å². The number of likely N-dealkylation sites (tertiary alicyclic amines) is 1. The zero-order chi connectivity index (χ0) is 18.7. The smallest absolute Gasteiger partial charge is 0.226 e. The lowest BCUT2D eigenvalue weighted by Crippen LogP contribution is -2.63. The van der Waals surface area contributed by atoms with E-state index in [1.165, 1.54) is 6.92 Å². The second-order valence-electron chi connectivity index (χ2n) is 7.56. The molecule has 2 fully saturated rings. The minimum atomic E-state index is -1.08. The number of nitrogens with zero attached hydrogens (tertiary/aromatic N) is 1. The molecule has 0 bridgehead atoms. The zero-order valence-electron chi connectivity index (χ0n) is 15.5. The zero-order valence-corrected chi connectivity index (χ0v) is 15.5. The van der Waals surface area contributed by atoms with E-state index in [-0.39, 0.29) is 23.8 Å². The van der Waals surface area contributed by atoms with Gasteiger partial charge in [-0.05, 0) is 31.7 Å². The highest BCUT2D eigenvalue weighted by atomic mass is 16.5. The summed E-state index contributed by atoms with van der Waals surface area (Å²) in [5.41, 5.74) is -0.162. The molecule has 3 rings (SSSR count). The first-order valence-corrected chi connectivity index (χ1v) is 9.33. The summed E-state index contributed by atoms with van der Waals surface area (Å²) < 4.78 is 5.39. The molecule has 0 aliphatic carbocycles. The predicted octanol–water partition coefficient (Wildman–Crippen LogP) is 1.64. The third-order valence-electron chi connectivity index (χ3n) is 5.53. The van der Waals surface area contributed by atoms with Gasteiger partial charge in [-0.15, -0.1) is 0 Å². The van der Waals surface area contributed by atoms with Crippen molar-refractivity contribution in [1.82, 2.24) is 10.2 Å². The van der Waals surface area contributed by atoms with Crippen molar-refractivity contribution in [3.8, 4) is 0 Å². The number of nitrogens with one attached hydrogen (secondary N) is 1. The Morgan fingerprint density at radius 1 is 1.23 bits per heavy atom. The largest absolute Gasteiger partial charge is 0.388 e. The van der Waals surface area contributed by atoms with E-state index in [1.54, 1.807) is 6.92 Å². The summed E-state index contributed by atoms with van der Waals surface area (Å²) in [7, 11) is 0. The highest BCUT2D eigenvalue weighted by Crippen LogP contribution is 2.38. The van der Waals surface area contributed by atoms with Crippen LogP contribution in [0.1, 0.15) is 44.7 Å². The van der Waals surface area contributed by atoms with E-state index in [4.69, 9.17) is 4.74 Å². The van der Waals surface area contributed by atoms with E-state index >= 15 is 0 Å². The van der Waals surface area contributed by atoms with Crippen LogP contribution in [0.2, 0.25) is 0 Å². The van der Waals surface area contributed by atoms with E-state index in [1.807, 2.05) is 35.2 Å². The highest BCUT2D eigenvalue weighted by Gasteiger charge is 2.48. The van der Waals surface area contributed by atoms with Gasteiger partial charge in [-0.2, -0.15) is 0 Å². The van der Waals surface area contributed by atoms with E-state index in [0.29, 0.717) is 26.2 Å². The molecule has 2 heterocycles. The Labute approximate surface area is 154 Å². The van der Waals surface area contributed by atoms with Gasteiger partial charge < -0.3 is 20.1 Å². The molecule has 2 amide bonds. The molecule has 142 valence electrons. The van der Waals surface area contributed by atoms with Gasteiger partial charge >= 0.3 is 0 Å². The first-order valence-electron chi connectivity index (χ1n) is 9.33. The minimum Gasteiger partial charge on any atom is -0.388 e. The molecule has 0 saturated carbocycles. The van der Waals surface area contributed by atoms with Gasteiger partial charge in [-0.25, -0.2) is 0 Å². The second kappa shape index (κ2) is 7.76. The topological polar surface area (TPSA) is 78.9 Å². The predicted molar refractivity (Wildman–Crippen MR) is 97.3 cm³/mol. The lowest BCUT2D eigenvalue weighted by Gasteiger charge is -2.50. The van der Waals surface area contributed by atoms with Crippen molar-refractivity contribution >= 4 is 11.8 Å². The number of piperidine rings is 1. The van der Waals surface area contributed by atoms with Gasteiger partial charge in [0.2, 0.25) is 11.8 Å². The number of carbonyl (C=O) groups is 2. The molecule has 6 nitrogen and oxygen atoms in total. The maximum absolute atomic E-state index is 13.3. The minimum absolute atomic E-state index is 0.0593. The molecule has 1 aromatic rings. The Hall–Kier alpha value is -1.92. The molecule has 26 heavy (non-hydrogen) atoms. The van der Waals surface area contributed by atoms with Gasteiger partial charge in [0.05, 0.1) is 17.7 Å². The molecule has 2 saturated heterocycles. The monoisotopic (exact) mass is 360 g/mol. The molecule has 0 radical (unpaired) electrons. The molecule has 3 atom stereocenters. The third kappa shape index (κ3) is 3.91. The van der Waals surface area contributed by atoms with Crippen LogP contribution < -0.4 is 5.32 Å². The maximum Gasteiger partial charge on any atom is 0.226 e. The van der Waals surface area contributed by atoms with Crippen LogP contribution in [-0.2, 0) is 14.3 Å².